The van der Waals surface area contributed by atoms with Gasteiger partial charge in [0.25, 0.3) is 5.91 Å². The summed E-state index contributed by atoms with van der Waals surface area (Å²) in [6, 6.07) is 16.6. The van der Waals surface area contributed by atoms with Crippen LogP contribution in [0.3, 0.4) is 0 Å². The van der Waals surface area contributed by atoms with Gasteiger partial charge in [-0.05, 0) is 37.3 Å². The number of methoxy groups -OCH3 is 1. The second kappa shape index (κ2) is 8.71. The van der Waals surface area contributed by atoms with E-state index in [1.165, 1.54) is 6.20 Å². The van der Waals surface area contributed by atoms with Crippen LogP contribution < -0.4 is 20.1 Å². The molecule has 6 nitrogen and oxygen atoms in total. The zero-order valence-electron chi connectivity index (χ0n) is 15.2. The van der Waals surface area contributed by atoms with E-state index in [9.17, 15) is 4.79 Å². The fourth-order valence-electron chi connectivity index (χ4n) is 2.54. The summed E-state index contributed by atoms with van der Waals surface area (Å²) < 4.78 is 10.8. The van der Waals surface area contributed by atoms with E-state index in [-0.39, 0.29) is 5.91 Å². The Balaban J connectivity index is 1.76. The summed E-state index contributed by atoms with van der Waals surface area (Å²) in [6.45, 7) is 2.50. The van der Waals surface area contributed by atoms with Crippen LogP contribution in [0.5, 0.6) is 11.5 Å². The fourth-order valence-corrected chi connectivity index (χ4v) is 2.54. The average molecular weight is 363 g/mol. The largest absolute Gasteiger partial charge is 0.497 e. The number of ether oxygens (including phenoxy) is 2. The Morgan fingerprint density at radius 2 is 1.89 bits per heavy atom. The molecule has 0 saturated carbocycles. The number of hydrogen-bond acceptors (Lipinski definition) is 5. The van der Waals surface area contributed by atoms with Crippen LogP contribution >= 0.6 is 0 Å². The van der Waals surface area contributed by atoms with E-state index in [0.29, 0.717) is 29.3 Å². The van der Waals surface area contributed by atoms with E-state index in [0.717, 1.165) is 11.4 Å². The molecule has 0 fully saturated rings. The van der Waals surface area contributed by atoms with Crippen molar-refractivity contribution in [2.75, 3.05) is 24.4 Å². The minimum Gasteiger partial charge on any atom is -0.497 e. The molecule has 3 rings (SSSR count). The van der Waals surface area contributed by atoms with Gasteiger partial charge in [-0.25, -0.2) is 0 Å². The minimum atomic E-state index is -0.252. The molecule has 2 N–H and O–H groups in total. The van der Waals surface area contributed by atoms with Crippen molar-refractivity contribution in [1.82, 2.24) is 4.98 Å². The third-order valence-electron chi connectivity index (χ3n) is 3.79. The first-order valence-corrected chi connectivity index (χ1v) is 8.59. The number of rotatable bonds is 7. The first-order valence-electron chi connectivity index (χ1n) is 8.59. The second-order valence-corrected chi connectivity index (χ2v) is 5.70. The number of para-hydroxylation sites is 2. The van der Waals surface area contributed by atoms with Crippen molar-refractivity contribution in [3.8, 4) is 11.5 Å². The SMILES string of the molecule is CCOc1ccccc1Nc1cncc(C(=O)Nc2cccc(OC)c2)c1. The van der Waals surface area contributed by atoms with Crippen molar-refractivity contribution in [2.45, 2.75) is 6.92 Å². The molecule has 0 aliphatic heterocycles. The molecule has 0 spiro atoms. The number of anilines is 3. The van der Waals surface area contributed by atoms with Crippen molar-refractivity contribution in [1.29, 1.82) is 0 Å². The summed E-state index contributed by atoms with van der Waals surface area (Å²) in [5.74, 6) is 1.16. The molecule has 0 aliphatic carbocycles. The number of carbonyl (C=O) groups is 1. The lowest BCUT2D eigenvalue weighted by atomic mass is 10.2. The molecule has 0 aliphatic rings. The molecule has 1 amide bonds. The lowest BCUT2D eigenvalue weighted by Crippen LogP contribution is -2.12. The van der Waals surface area contributed by atoms with Crippen molar-refractivity contribution in [3.05, 3.63) is 72.6 Å². The molecule has 0 radical (unpaired) electrons. The minimum absolute atomic E-state index is 0.252. The molecule has 6 heteroatoms. The number of nitrogens with zero attached hydrogens (tertiary/aromatic N) is 1. The Morgan fingerprint density at radius 3 is 2.70 bits per heavy atom. The van der Waals surface area contributed by atoms with Gasteiger partial charge < -0.3 is 20.1 Å². The van der Waals surface area contributed by atoms with Gasteiger partial charge in [-0.3, -0.25) is 9.78 Å². The summed E-state index contributed by atoms with van der Waals surface area (Å²) in [7, 11) is 1.58. The topological polar surface area (TPSA) is 72.5 Å². The number of amides is 1. The summed E-state index contributed by atoms with van der Waals surface area (Å²) in [5.41, 5.74) is 2.60. The van der Waals surface area contributed by atoms with E-state index in [4.69, 9.17) is 9.47 Å². The van der Waals surface area contributed by atoms with Crippen LogP contribution in [-0.4, -0.2) is 24.6 Å². The number of benzene rings is 2. The zero-order chi connectivity index (χ0) is 19.1. The molecule has 1 aromatic heterocycles. The number of hydrogen-bond donors (Lipinski definition) is 2. The highest BCUT2D eigenvalue weighted by Crippen LogP contribution is 2.27. The Hall–Kier alpha value is -3.54. The van der Waals surface area contributed by atoms with Gasteiger partial charge in [-0.1, -0.05) is 18.2 Å². The van der Waals surface area contributed by atoms with E-state index < -0.39 is 0 Å². The Bertz CT molecular complexity index is 928. The molecule has 0 saturated heterocycles. The molecular formula is C21H21N3O3. The Morgan fingerprint density at radius 1 is 1.04 bits per heavy atom. The van der Waals surface area contributed by atoms with Gasteiger partial charge in [0.15, 0.2) is 0 Å². The number of aromatic nitrogens is 1. The van der Waals surface area contributed by atoms with Crippen molar-refractivity contribution in [3.63, 3.8) is 0 Å². The third kappa shape index (κ3) is 4.76. The number of pyridine rings is 1. The summed E-state index contributed by atoms with van der Waals surface area (Å²) in [4.78, 5) is 16.7. The predicted molar refractivity (Wildman–Crippen MR) is 106 cm³/mol. The monoisotopic (exact) mass is 363 g/mol. The van der Waals surface area contributed by atoms with Crippen LogP contribution in [0.4, 0.5) is 17.1 Å². The Kier molecular flexibility index (Phi) is 5.89. The van der Waals surface area contributed by atoms with Crippen LogP contribution in [0.25, 0.3) is 0 Å². The Labute approximate surface area is 158 Å². The smallest absolute Gasteiger partial charge is 0.257 e. The maximum atomic E-state index is 12.5. The normalized spacial score (nSPS) is 10.1. The fraction of sp³-hybridized carbons (Fsp3) is 0.143. The molecule has 3 aromatic rings. The van der Waals surface area contributed by atoms with Gasteiger partial charge >= 0.3 is 0 Å². The van der Waals surface area contributed by atoms with Gasteiger partial charge in [-0.15, -0.1) is 0 Å². The van der Waals surface area contributed by atoms with Crippen molar-refractivity contribution >= 4 is 23.0 Å². The van der Waals surface area contributed by atoms with Gasteiger partial charge in [-0.2, -0.15) is 0 Å². The average Bonchev–Trinajstić information content (AvgIpc) is 2.70. The second-order valence-electron chi connectivity index (χ2n) is 5.70. The summed E-state index contributed by atoms with van der Waals surface area (Å²) in [5, 5.41) is 6.09. The van der Waals surface area contributed by atoms with Crippen LogP contribution in [-0.2, 0) is 0 Å². The van der Waals surface area contributed by atoms with Gasteiger partial charge in [0.2, 0.25) is 0 Å². The van der Waals surface area contributed by atoms with Crippen LogP contribution in [0, 0.1) is 0 Å². The van der Waals surface area contributed by atoms with Crippen molar-refractivity contribution in [2.24, 2.45) is 0 Å². The van der Waals surface area contributed by atoms with Gasteiger partial charge in [0.05, 0.1) is 36.9 Å². The van der Waals surface area contributed by atoms with E-state index in [1.807, 2.05) is 43.3 Å². The van der Waals surface area contributed by atoms with E-state index in [2.05, 4.69) is 15.6 Å². The van der Waals surface area contributed by atoms with E-state index in [1.54, 1.807) is 31.5 Å². The molecule has 0 bridgehead atoms. The lowest BCUT2D eigenvalue weighted by molar-refractivity contribution is 0.102. The predicted octanol–water partition coefficient (Wildman–Crippen LogP) is 4.48. The van der Waals surface area contributed by atoms with Crippen LogP contribution in [0.15, 0.2) is 67.0 Å². The summed E-state index contributed by atoms with van der Waals surface area (Å²) >= 11 is 0. The van der Waals surface area contributed by atoms with Gasteiger partial charge in [0.1, 0.15) is 11.5 Å². The quantitative estimate of drug-likeness (QED) is 0.647. The van der Waals surface area contributed by atoms with E-state index >= 15 is 0 Å². The highest BCUT2D eigenvalue weighted by atomic mass is 16.5. The molecule has 27 heavy (non-hydrogen) atoms. The van der Waals surface area contributed by atoms with Crippen molar-refractivity contribution < 1.29 is 14.3 Å². The molecule has 2 aromatic carbocycles. The molecule has 0 unspecified atom stereocenters. The number of nitrogens with one attached hydrogen (secondary N) is 2. The highest BCUT2D eigenvalue weighted by Gasteiger charge is 2.09. The first-order chi connectivity index (χ1) is 13.2. The zero-order valence-corrected chi connectivity index (χ0v) is 15.2. The lowest BCUT2D eigenvalue weighted by Gasteiger charge is -2.13. The first kappa shape index (κ1) is 18.3. The highest BCUT2D eigenvalue weighted by molar-refractivity contribution is 6.04. The number of carbonyl (C=O) groups excluding carboxylic acids is 1. The van der Waals surface area contributed by atoms with Gasteiger partial charge in [0, 0.05) is 18.0 Å². The van der Waals surface area contributed by atoms with Crippen LogP contribution in [0.2, 0.25) is 0 Å². The summed E-state index contributed by atoms with van der Waals surface area (Å²) in [6.07, 6.45) is 3.18. The standard InChI is InChI=1S/C21H21N3O3/c1-3-27-20-10-5-4-9-19(20)23-17-11-15(13-22-14-17)21(25)24-16-7-6-8-18(12-16)26-2/h4-14,23H,3H2,1-2H3,(H,24,25). The van der Waals surface area contributed by atoms with Crippen LogP contribution in [0.1, 0.15) is 17.3 Å². The molecule has 138 valence electrons. The molecule has 0 atom stereocenters. The molecule has 1 heterocycles. The maximum absolute atomic E-state index is 12.5. The molecular weight excluding hydrogens is 342 g/mol. The maximum Gasteiger partial charge on any atom is 0.257 e. The third-order valence-corrected chi connectivity index (χ3v) is 3.79.